The molecule has 3 fully saturated rings. The van der Waals surface area contributed by atoms with Crippen LogP contribution in [0.2, 0.25) is 0 Å². The Labute approximate surface area is 169 Å². The second-order valence-electron chi connectivity index (χ2n) is 8.72. The molecular formula is C22H26N4O3. The van der Waals surface area contributed by atoms with E-state index in [0.29, 0.717) is 18.8 Å². The van der Waals surface area contributed by atoms with Crippen molar-refractivity contribution in [2.45, 2.75) is 43.2 Å². The number of hydrogen-bond donors (Lipinski definition) is 0. The van der Waals surface area contributed by atoms with Gasteiger partial charge in [-0.25, -0.2) is 4.79 Å². The molecule has 2 saturated heterocycles. The molecule has 3 aliphatic rings. The number of carbonyl (C=O) groups excluding carboxylic acids is 2. The van der Waals surface area contributed by atoms with E-state index in [1.807, 2.05) is 28.0 Å². The maximum Gasteiger partial charge on any atom is 0.328 e. The standard InChI is InChI=1S/C22H26N4O3/c1-23-14-18(24(2)21(23)29)19(27)26-16-8-9-17(26)13-25(12-16)20(28)22(10-11-22)15-6-4-3-5-7-15/h3-7,14,16-17H,8-13H2,1-2H3. The van der Waals surface area contributed by atoms with Gasteiger partial charge in [0.05, 0.1) is 17.5 Å². The van der Waals surface area contributed by atoms with Crippen molar-refractivity contribution < 1.29 is 9.59 Å². The highest BCUT2D eigenvalue weighted by Crippen LogP contribution is 2.50. The zero-order valence-electron chi connectivity index (χ0n) is 16.9. The normalized spacial score (nSPS) is 24.6. The van der Waals surface area contributed by atoms with Crippen molar-refractivity contribution in [1.29, 1.82) is 0 Å². The summed E-state index contributed by atoms with van der Waals surface area (Å²) < 4.78 is 2.85. The summed E-state index contributed by atoms with van der Waals surface area (Å²) >= 11 is 0. The summed E-state index contributed by atoms with van der Waals surface area (Å²) in [6.07, 6.45) is 5.21. The molecule has 2 amide bonds. The number of rotatable bonds is 3. The van der Waals surface area contributed by atoms with E-state index >= 15 is 0 Å². The number of fused-ring (bicyclic) bond motifs is 2. The quantitative estimate of drug-likeness (QED) is 0.787. The van der Waals surface area contributed by atoms with Gasteiger partial charge in [-0.3, -0.25) is 14.2 Å². The van der Waals surface area contributed by atoms with E-state index in [1.54, 1.807) is 20.3 Å². The Kier molecular flexibility index (Phi) is 3.98. The van der Waals surface area contributed by atoms with Crippen LogP contribution in [0, 0.1) is 0 Å². The van der Waals surface area contributed by atoms with Gasteiger partial charge in [0.25, 0.3) is 5.91 Å². The van der Waals surface area contributed by atoms with Crippen LogP contribution >= 0.6 is 0 Å². The summed E-state index contributed by atoms with van der Waals surface area (Å²) in [7, 11) is 3.29. The monoisotopic (exact) mass is 394 g/mol. The first kappa shape index (κ1) is 18.2. The number of aryl methyl sites for hydroxylation is 1. The molecule has 2 aliphatic heterocycles. The third kappa shape index (κ3) is 2.67. The van der Waals surface area contributed by atoms with Crippen LogP contribution in [-0.2, 0) is 24.3 Å². The molecule has 0 spiro atoms. The van der Waals surface area contributed by atoms with Crippen molar-refractivity contribution in [1.82, 2.24) is 18.9 Å². The summed E-state index contributed by atoms with van der Waals surface area (Å²) in [5, 5.41) is 0. The second-order valence-corrected chi connectivity index (χ2v) is 8.72. The van der Waals surface area contributed by atoms with Crippen molar-refractivity contribution in [2.24, 2.45) is 14.1 Å². The van der Waals surface area contributed by atoms with Crippen LogP contribution in [0.5, 0.6) is 0 Å². The summed E-state index contributed by atoms with van der Waals surface area (Å²) in [5.41, 5.74) is 0.955. The van der Waals surface area contributed by atoms with E-state index in [-0.39, 0.29) is 35.0 Å². The zero-order chi connectivity index (χ0) is 20.3. The number of likely N-dealkylation sites (tertiary alicyclic amines) is 1. The number of benzene rings is 1. The number of carbonyl (C=O) groups is 2. The molecule has 1 saturated carbocycles. The molecule has 1 aliphatic carbocycles. The lowest BCUT2D eigenvalue weighted by Crippen LogP contribution is -2.58. The zero-order valence-corrected chi connectivity index (χ0v) is 16.9. The van der Waals surface area contributed by atoms with E-state index < -0.39 is 0 Å². The highest BCUT2D eigenvalue weighted by atomic mass is 16.2. The van der Waals surface area contributed by atoms with Gasteiger partial charge in [0.2, 0.25) is 5.91 Å². The highest BCUT2D eigenvalue weighted by molar-refractivity contribution is 5.94. The SMILES string of the molecule is Cn1cc(C(=O)N2C3CCC2CN(C(=O)C2(c4ccccc4)CC2)C3)n(C)c1=O. The largest absolute Gasteiger partial charge is 0.338 e. The Balaban J connectivity index is 1.37. The molecule has 7 heteroatoms. The minimum absolute atomic E-state index is 0.0204. The van der Waals surface area contributed by atoms with Crippen LogP contribution in [0.15, 0.2) is 41.3 Å². The summed E-state index contributed by atoms with van der Waals surface area (Å²) in [4.78, 5) is 42.6. The van der Waals surface area contributed by atoms with Crippen molar-refractivity contribution in [3.63, 3.8) is 0 Å². The van der Waals surface area contributed by atoms with Gasteiger partial charge in [0, 0.05) is 33.4 Å². The lowest BCUT2D eigenvalue weighted by atomic mass is 9.93. The Hall–Kier alpha value is -2.83. The number of aromatic nitrogens is 2. The number of piperazine rings is 1. The van der Waals surface area contributed by atoms with Crippen LogP contribution in [0.25, 0.3) is 0 Å². The minimum atomic E-state index is -0.365. The third-order valence-electron chi connectivity index (χ3n) is 6.97. The van der Waals surface area contributed by atoms with Gasteiger partial charge in [-0.05, 0) is 31.2 Å². The van der Waals surface area contributed by atoms with Gasteiger partial charge >= 0.3 is 5.69 Å². The maximum absolute atomic E-state index is 13.4. The Morgan fingerprint density at radius 2 is 1.62 bits per heavy atom. The molecule has 1 aromatic heterocycles. The summed E-state index contributed by atoms with van der Waals surface area (Å²) in [5.74, 6) is 0.105. The van der Waals surface area contributed by atoms with Crippen molar-refractivity contribution in [2.75, 3.05) is 13.1 Å². The fourth-order valence-corrected chi connectivity index (χ4v) is 5.21. The van der Waals surface area contributed by atoms with Crippen LogP contribution in [0.4, 0.5) is 0 Å². The average Bonchev–Trinajstić information content (AvgIpc) is 3.46. The Morgan fingerprint density at radius 3 is 2.14 bits per heavy atom. The lowest BCUT2D eigenvalue weighted by molar-refractivity contribution is -0.136. The van der Waals surface area contributed by atoms with Gasteiger partial charge < -0.3 is 14.4 Å². The topological polar surface area (TPSA) is 67.6 Å². The van der Waals surface area contributed by atoms with Crippen molar-refractivity contribution in [3.05, 3.63) is 58.3 Å². The summed E-state index contributed by atoms with van der Waals surface area (Å²) in [6.45, 7) is 1.16. The van der Waals surface area contributed by atoms with E-state index in [0.717, 1.165) is 31.2 Å². The highest BCUT2D eigenvalue weighted by Gasteiger charge is 2.55. The molecule has 3 heterocycles. The molecule has 1 aromatic carbocycles. The van der Waals surface area contributed by atoms with Crippen LogP contribution in [0.1, 0.15) is 41.7 Å². The molecule has 2 aromatic rings. The fraction of sp³-hybridized carbons (Fsp3) is 0.500. The maximum atomic E-state index is 13.4. The Bertz CT molecular complexity index is 1020. The van der Waals surface area contributed by atoms with Crippen LogP contribution < -0.4 is 5.69 Å². The number of imidazole rings is 1. The number of amides is 2. The fourth-order valence-electron chi connectivity index (χ4n) is 5.21. The molecule has 7 nitrogen and oxygen atoms in total. The molecule has 152 valence electrons. The Morgan fingerprint density at radius 1 is 1.00 bits per heavy atom. The molecule has 2 unspecified atom stereocenters. The second kappa shape index (κ2) is 6.34. The lowest BCUT2D eigenvalue weighted by Gasteiger charge is -2.42. The third-order valence-corrected chi connectivity index (χ3v) is 6.97. The molecule has 2 bridgehead atoms. The predicted octanol–water partition coefficient (Wildman–Crippen LogP) is 1.27. The first-order valence-electron chi connectivity index (χ1n) is 10.3. The van der Waals surface area contributed by atoms with Gasteiger partial charge in [-0.15, -0.1) is 0 Å². The first-order chi connectivity index (χ1) is 13.9. The molecule has 5 rings (SSSR count). The number of hydrogen-bond acceptors (Lipinski definition) is 3. The van der Waals surface area contributed by atoms with E-state index in [9.17, 15) is 14.4 Å². The molecule has 29 heavy (non-hydrogen) atoms. The van der Waals surface area contributed by atoms with E-state index in [1.165, 1.54) is 9.13 Å². The van der Waals surface area contributed by atoms with Gasteiger partial charge in [-0.1, -0.05) is 30.3 Å². The van der Waals surface area contributed by atoms with E-state index in [4.69, 9.17) is 0 Å². The molecule has 0 N–H and O–H groups in total. The molecule has 0 radical (unpaired) electrons. The predicted molar refractivity (Wildman–Crippen MR) is 108 cm³/mol. The van der Waals surface area contributed by atoms with Gasteiger partial charge in [0.1, 0.15) is 5.69 Å². The first-order valence-corrected chi connectivity index (χ1v) is 10.3. The molecule has 2 atom stereocenters. The summed E-state index contributed by atoms with van der Waals surface area (Å²) in [6, 6.07) is 10.1. The average molecular weight is 394 g/mol. The van der Waals surface area contributed by atoms with Crippen LogP contribution in [0.3, 0.4) is 0 Å². The molecular weight excluding hydrogens is 368 g/mol. The van der Waals surface area contributed by atoms with Crippen molar-refractivity contribution in [3.8, 4) is 0 Å². The number of nitrogens with zero attached hydrogens (tertiary/aromatic N) is 4. The van der Waals surface area contributed by atoms with Gasteiger partial charge in [-0.2, -0.15) is 0 Å². The van der Waals surface area contributed by atoms with E-state index in [2.05, 4.69) is 12.1 Å². The van der Waals surface area contributed by atoms with Crippen LogP contribution in [-0.4, -0.2) is 55.9 Å². The minimum Gasteiger partial charge on any atom is -0.338 e. The smallest absolute Gasteiger partial charge is 0.328 e. The van der Waals surface area contributed by atoms with Gasteiger partial charge in [0.15, 0.2) is 0 Å². The van der Waals surface area contributed by atoms with Crippen molar-refractivity contribution >= 4 is 11.8 Å².